The summed E-state index contributed by atoms with van der Waals surface area (Å²) < 4.78 is 2.71. The van der Waals surface area contributed by atoms with Gasteiger partial charge in [-0.25, -0.2) is 0 Å². The molecule has 0 unspecified atom stereocenters. The molecule has 0 amide bonds. The number of fused-ring (bicyclic) bond motifs is 9. The molecule has 0 nitrogen and oxygen atoms in total. The van der Waals surface area contributed by atoms with Gasteiger partial charge in [0.1, 0.15) is 0 Å². The van der Waals surface area contributed by atoms with E-state index in [0.717, 1.165) is 0 Å². The van der Waals surface area contributed by atoms with Crippen molar-refractivity contribution in [1.29, 1.82) is 0 Å². The minimum Gasteiger partial charge on any atom is -0.0653 e. The van der Waals surface area contributed by atoms with Crippen LogP contribution in [0, 0.1) is 12.6 Å². The molecule has 3 aromatic carbocycles. The van der Waals surface area contributed by atoms with Crippen LogP contribution >= 0.6 is 45.2 Å². The van der Waals surface area contributed by atoms with Crippen molar-refractivity contribution in [3.05, 3.63) is 101 Å². The molecular weight excluding hydrogens is 614 g/mol. The Morgan fingerprint density at radius 3 is 1.62 bits per heavy atom. The Labute approximate surface area is 219 Å². The highest BCUT2D eigenvalue weighted by molar-refractivity contribution is 14.1. The molecule has 0 radical (unpaired) electrons. The second kappa shape index (κ2) is 6.84. The number of halogens is 2. The van der Waals surface area contributed by atoms with Crippen LogP contribution in [0.25, 0.3) is 0 Å². The summed E-state index contributed by atoms with van der Waals surface area (Å²) in [5, 5.41) is 0. The van der Waals surface area contributed by atoms with E-state index < -0.39 is 0 Å². The molecule has 0 saturated heterocycles. The maximum Gasteiger partial charge on any atom is 0.0286 e. The van der Waals surface area contributed by atoms with Crippen LogP contribution in [0.5, 0.6) is 0 Å². The van der Waals surface area contributed by atoms with E-state index in [9.17, 15) is 0 Å². The van der Waals surface area contributed by atoms with Gasteiger partial charge in [0.2, 0.25) is 0 Å². The molecule has 0 bridgehead atoms. The lowest BCUT2D eigenvalue weighted by molar-refractivity contribution is 0.0678. The van der Waals surface area contributed by atoms with Gasteiger partial charge in [0.25, 0.3) is 0 Å². The zero-order valence-corrected chi connectivity index (χ0v) is 23.7. The van der Waals surface area contributed by atoms with Crippen molar-refractivity contribution in [2.45, 2.75) is 69.6 Å². The fourth-order valence-corrected chi connectivity index (χ4v) is 9.88. The lowest BCUT2D eigenvalue weighted by Crippen LogP contribution is -2.53. The van der Waals surface area contributed by atoms with Gasteiger partial charge in [-0.1, -0.05) is 76.9 Å². The molecule has 0 aliphatic heterocycles. The van der Waals surface area contributed by atoms with Crippen LogP contribution in [0.3, 0.4) is 0 Å². The molecule has 3 aromatic rings. The molecule has 0 saturated carbocycles. The predicted molar refractivity (Wildman–Crippen MR) is 151 cm³/mol. The SMILES string of the molecule is CCC[C@]12c3cc(I)ccc3[C@]3(C)c4cc(I)ccc4[C@](CCC)(c4ccccc41)[C@@]32C. The summed E-state index contributed by atoms with van der Waals surface area (Å²) in [5.74, 6) is 0. The first-order valence-corrected chi connectivity index (χ1v) is 14.2. The van der Waals surface area contributed by atoms with Crippen molar-refractivity contribution in [3.63, 3.8) is 0 Å². The Morgan fingerprint density at radius 2 is 1.06 bits per heavy atom. The summed E-state index contributed by atoms with van der Waals surface area (Å²) in [6, 6.07) is 24.3. The van der Waals surface area contributed by atoms with Gasteiger partial charge >= 0.3 is 0 Å². The van der Waals surface area contributed by atoms with Gasteiger partial charge in [0.05, 0.1) is 0 Å². The van der Waals surface area contributed by atoms with E-state index in [4.69, 9.17) is 0 Å². The quantitative estimate of drug-likeness (QED) is 0.250. The van der Waals surface area contributed by atoms with Gasteiger partial charge in [0, 0.05) is 28.8 Å². The molecule has 3 aliphatic rings. The van der Waals surface area contributed by atoms with Crippen LogP contribution in [0.2, 0.25) is 0 Å². The smallest absolute Gasteiger partial charge is 0.0286 e. The molecule has 0 heterocycles. The van der Waals surface area contributed by atoms with Crippen LogP contribution < -0.4 is 0 Å². The van der Waals surface area contributed by atoms with Gasteiger partial charge in [-0.3, -0.25) is 0 Å². The molecule has 4 atom stereocenters. The lowest BCUT2D eigenvalue weighted by atomic mass is 9.49. The van der Waals surface area contributed by atoms with E-state index >= 15 is 0 Å². The van der Waals surface area contributed by atoms with Crippen LogP contribution in [-0.2, 0) is 16.2 Å². The van der Waals surface area contributed by atoms with E-state index in [2.05, 4.69) is 134 Å². The second-order valence-electron chi connectivity index (χ2n) is 10.5. The minimum atomic E-state index is -0.00739. The van der Waals surface area contributed by atoms with Gasteiger partial charge in [-0.05, 0) is 116 Å². The van der Waals surface area contributed by atoms with Crippen molar-refractivity contribution in [3.8, 4) is 0 Å². The summed E-state index contributed by atoms with van der Waals surface area (Å²) in [4.78, 5) is 0. The van der Waals surface area contributed by atoms with Crippen LogP contribution in [0.15, 0.2) is 60.7 Å². The Morgan fingerprint density at radius 1 is 0.594 bits per heavy atom. The standard InChI is InChI=1S/C30H30I2/c1-5-15-29-22-9-7-8-10-23(22)30(16-6-2)26-18-20(32)11-13-21(26)27(3,28(29,30)4)25-17-19(31)12-14-24(25)29/h7-14,17-18H,5-6,15-16H2,1-4H3/t27-,28-,29+,30-/m1/s1. The lowest BCUT2D eigenvalue weighted by Gasteiger charge is -2.52. The third kappa shape index (κ3) is 2.01. The molecule has 0 fully saturated rings. The van der Waals surface area contributed by atoms with Crippen molar-refractivity contribution in [2.75, 3.05) is 0 Å². The van der Waals surface area contributed by atoms with Gasteiger partial charge in [0.15, 0.2) is 0 Å². The first-order valence-electron chi connectivity index (χ1n) is 12.1. The maximum atomic E-state index is 2.68. The van der Waals surface area contributed by atoms with Crippen molar-refractivity contribution in [1.82, 2.24) is 0 Å². The average molecular weight is 644 g/mol. The molecular formula is C30H30I2. The Kier molecular flexibility index (Phi) is 4.62. The highest BCUT2D eigenvalue weighted by atomic mass is 127. The van der Waals surface area contributed by atoms with E-state index in [0.29, 0.717) is 0 Å². The maximum absolute atomic E-state index is 2.68. The van der Waals surface area contributed by atoms with Gasteiger partial charge in [-0.15, -0.1) is 0 Å². The summed E-state index contributed by atoms with van der Waals surface area (Å²) in [6.07, 6.45) is 4.81. The largest absolute Gasteiger partial charge is 0.0653 e. The van der Waals surface area contributed by atoms with Crippen LogP contribution in [0.4, 0.5) is 0 Å². The predicted octanol–water partition coefficient (Wildman–Crippen LogP) is 8.72. The first kappa shape index (κ1) is 21.6. The molecule has 32 heavy (non-hydrogen) atoms. The van der Waals surface area contributed by atoms with Gasteiger partial charge in [-0.2, -0.15) is 0 Å². The molecule has 0 N–H and O–H groups in total. The molecule has 164 valence electrons. The van der Waals surface area contributed by atoms with E-state index in [1.54, 1.807) is 33.4 Å². The summed E-state index contributed by atoms with van der Waals surface area (Å²) in [6.45, 7) is 10.0. The molecule has 0 spiro atoms. The van der Waals surface area contributed by atoms with E-state index in [1.807, 2.05) is 0 Å². The summed E-state index contributed by atoms with van der Waals surface area (Å²) >= 11 is 5.05. The van der Waals surface area contributed by atoms with Crippen molar-refractivity contribution in [2.24, 2.45) is 5.41 Å². The number of benzene rings is 3. The number of hydrogen-bond acceptors (Lipinski definition) is 0. The topological polar surface area (TPSA) is 0 Å². The van der Waals surface area contributed by atoms with Crippen molar-refractivity contribution >= 4 is 45.2 Å². The Bertz CT molecular complexity index is 1280. The Hall–Kier alpha value is -0.880. The van der Waals surface area contributed by atoms with E-state index in [-0.39, 0.29) is 21.7 Å². The van der Waals surface area contributed by atoms with Gasteiger partial charge < -0.3 is 0 Å². The monoisotopic (exact) mass is 644 g/mol. The molecule has 3 aliphatic carbocycles. The molecule has 0 aromatic heterocycles. The summed E-state index contributed by atoms with van der Waals surface area (Å²) in [7, 11) is 0. The number of rotatable bonds is 4. The first-order chi connectivity index (χ1) is 15.3. The van der Waals surface area contributed by atoms with Crippen LogP contribution in [-0.4, -0.2) is 0 Å². The zero-order chi connectivity index (χ0) is 22.5. The van der Waals surface area contributed by atoms with E-state index in [1.165, 1.54) is 32.8 Å². The fraction of sp³-hybridized carbons (Fsp3) is 0.400. The fourth-order valence-electron chi connectivity index (χ4n) is 8.89. The highest BCUT2D eigenvalue weighted by Crippen LogP contribution is 2.84. The average Bonchev–Trinajstić information content (AvgIpc) is 3.16. The third-order valence-electron chi connectivity index (χ3n) is 9.76. The molecule has 2 heteroatoms. The molecule has 6 rings (SSSR count). The minimum absolute atomic E-state index is 0.00739. The number of hydrogen-bond donors (Lipinski definition) is 0. The summed E-state index contributed by atoms with van der Waals surface area (Å²) in [5.41, 5.74) is 9.72. The third-order valence-corrected chi connectivity index (χ3v) is 11.1. The zero-order valence-electron chi connectivity index (χ0n) is 19.4. The van der Waals surface area contributed by atoms with Crippen LogP contribution in [0.1, 0.15) is 86.8 Å². The Balaban J connectivity index is 1.90. The highest BCUT2D eigenvalue weighted by Gasteiger charge is 2.81. The normalized spacial score (nSPS) is 33.1. The van der Waals surface area contributed by atoms with Crippen molar-refractivity contribution < 1.29 is 0 Å². The second-order valence-corrected chi connectivity index (χ2v) is 13.0.